The molecule has 1 N–H and O–H groups in total. The van der Waals surface area contributed by atoms with E-state index in [0.29, 0.717) is 28.9 Å². The second-order valence-electron chi connectivity index (χ2n) is 8.50. The second kappa shape index (κ2) is 11.2. The van der Waals surface area contributed by atoms with Crippen LogP contribution in [0.25, 0.3) is 10.7 Å². The van der Waals surface area contributed by atoms with Crippen molar-refractivity contribution in [1.82, 2.24) is 14.8 Å². The molecule has 0 spiro atoms. The highest BCUT2D eigenvalue weighted by molar-refractivity contribution is 7.99. The largest absolute Gasteiger partial charge is 0.462 e. The number of nitrogens with one attached hydrogen (secondary N) is 1. The summed E-state index contributed by atoms with van der Waals surface area (Å²) in [5.41, 5.74) is 1.57. The number of aromatic nitrogens is 3. The van der Waals surface area contributed by atoms with Crippen molar-refractivity contribution in [2.75, 3.05) is 24.3 Å². The fourth-order valence-electron chi connectivity index (χ4n) is 4.51. The maximum Gasteiger partial charge on any atom is 0.341 e. The molecule has 186 valence electrons. The van der Waals surface area contributed by atoms with E-state index in [1.165, 1.54) is 28.0 Å². The molecule has 1 aliphatic heterocycles. The molecule has 0 radical (unpaired) electrons. The number of carbonyl (C=O) groups is 2. The third-order valence-corrected chi connectivity index (χ3v) is 9.14. The smallest absolute Gasteiger partial charge is 0.341 e. The van der Waals surface area contributed by atoms with Crippen LogP contribution in [0.2, 0.25) is 0 Å². The number of hydrogen-bond acceptors (Lipinski definition) is 9. The Hall–Kier alpha value is -2.21. The second-order valence-corrected chi connectivity index (χ2v) is 11.5. The number of thiophene rings is 2. The van der Waals surface area contributed by atoms with Gasteiger partial charge >= 0.3 is 5.97 Å². The van der Waals surface area contributed by atoms with Crippen LogP contribution in [0.3, 0.4) is 0 Å². The Labute approximate surface area is 216 Å². The number of nitrogens with zero attached hydrogens (tertiary/aromatic N) is 3. The van der Waals surface area contributed by atoms with Crippen LogP contribution in [0.4, 0.5) is 5.00 Å². The van der Waals surface area contributed by atoms with Gasteiger partial charge in [0.15, 0.2) is 11.0 Å². The molecule has 8 nitrogen and oxygen atoms in total. The average molecular weight is 533 g/mol. The minimum Gasteiger partial charge on any atom is -0.462 e. The minimum absolute atomic E-state index is 0.127. The maximum absolute atomic E-state index is 13.0. The van der Waals surface area contributed by atoms with E-state index < -0.39 is 0 Å². The number of carbonyl (C=O) groups excluding carboxylic acids is 2. The molecule has 1 saturated heterocycles. The van der Waals surface area contributed by atoms with Crippen LogP contribution in [0.5, 0.6) is 0 Å². The predicted octanol–water partition coefficient (Wildman–Crippen LogP) is 5.03. The lowest BCUT2D eigenvalue weighted by atomic mass is 9.95. The third kappa shape index (κ3) is 5.47. The van der Waals surface area contributed by atoms with Gasteiger partial charge in [-0.1, -0.05) is 17.8 Å². The van der Waals surface area contributed by atoms with Gasteiger partial charge in [-0.25, -0.2) is 4.79 Å². The minimum atomic E-state index is -0.355. The number of ether oxygens (including phenoxy) is 2. The van der Waals surface area contributed by atoms with E-state index in [0.717, 1.165) is 61.4 Å². The van der Waals surface area contributed by atoms with Crippen molar-refractivity contribution >= 4 is 51.3 Å². The highest BCUT2D eigenvalue weighted by Gasteiger charge is 2.28. The zero-order valence-electron chi connectivity index (χ0n) is 19.6. The van der Waals surface area contributed by atoms with Gasteiger partial charge in [-0.3, -0.25) is 9.36 Å². The van der Waals surface area contributed by atoms with E-state index in [1.807, 2.05) is 17.5 Å². The van der Waals surface area contributed by atoms with E-state index in [4.69, 9.17) is 9.47 Å². The van der Waals surface area contributed by atoms with Crippen molar-refractivity contribution in [3.05, 3.63) is 33.5 Å². The molecular weight excluding hydrogens is 504 g/mol. The quantitative estimate of drug-likeness (QED) is 0.305. The monoisotopic (exact) mass is 532 g/mol. The Morgan fingerprint density at radius 1 is 1.29 bits per heavy atom. The molecule has 3 aromatic heterocycles. The fourth-order valence-corrected chi connectivity index (χ4v) is 7.26. The molecule has 1 unspecified atom stereocenters. The Balaban J connectivity index is 1.31. The number of rotatable bonds is 9. The first-order valence-corrected chi connectivity index (χ1v) is 14.6. The summed E-state index contributed by atoms with van der Waals surface area (Å²) in [5.74, 6) is 0.433. The Morgan fingerprint density at radius 3 is 2.94 bits per heavy atom. The number of amides is 1. The summed E-state index contributed by atoms with van der Waals surface area (Å²) in [6.45, 7) is 3.54. The topological polar surface area (TPSA) is 95.3 Å². The first kappa shape index (κ1) is 24.5. The summed E-state index contributed by atoms with van der Waals surface area (Å²) in [5, 5.41) is 15.1. The number of esters is 1. The van der Waals surface area contributed by atoms with Crippen LogP contribution in [0.15, 0.2) is 22.7 Å². The van der Waals surface area contributed by atoms with Gasteiger partial charge < -0.3 is 14.8 Å². The third-order valence-electron chi connectivity index (χ3n) is 6.10. The SMILES string of the molecule is CCOC(=O)c1c(NC(=O)CSc2nnc(-c3cccs3)n2CC2CCCO2)sc2c1CCCC2. The Kier molecular flexibility index (Phi) is 7.86. The number of aryl methyl sites for hydroxylation is 1. The highest BCUT2D eigenvalue weighted by Crippen LogP contribution is 2.39. The molecule has 0 bridgehead atoms. The standard InChI is InChI=1S/C24H28N4O4S3/c1-2-31-23(30)20-16-8-3-4-9-17(16)35-22(20)25-19(29)14-34-24-27-26-21(18-10-6-12-33-18)28(24)13-15-7-5-11-32-15/h6,10,12,15H,2-5,7-9,11,13-14H2,1H3,(H,25,29). The first-order valence-electron chi connectivity index (χ1n) is 12.0. The first-order chi connectivity index (χ1) is 17.1. The van der Waals surface area contributed by atoms with Crippen molar-refractivity contribution in [2.24, 2.45) is 0 Å². The maximum atomic E-state index is 13.0. The van der Waals surface area contributed by atoms with Crippen LogP contribution in [-0.4, -0.2) is 51.7 Å². The van der Waals surface area contributed by atoms with Gasteiger partial charge in [-0.15, -0.1) is 32.9 Å². The van der Waals surface area contributed by atoms with Crippen LogP contribution < -0.4 is 5.32 Å². The van der Waals surface area contributed by atoms with Crippen LogP contribution in [0, 0.1) is 0 Å². The van der Waals surface area contributed by atoms with Gasteiger partial charge in [-0.2, -0.15) is 0 Å². The van der Waals surface area contributed by atoms with E-state index in [1.54, 1.807) is 18.3 Å². The molecule has 0 aromatic carbocycles. The molecule has 3 aromatic rings. The predicted molar refractivity (Wildman–Crippen MR) is 139 cm³/mol. The fraction of sp³-hybridized carbons (Fsp3) is 0.500. The van der Waals surface area contributed by atoms with Crippen molar-refractivity contribution in [2.45, 2.75) is 63.3 Å². The molecule has 1 atom stereocenters. The summed E-state index contributed by atoms with van der Waals surface area (Å²) < 4.78 is 13.2. The molecule has 4 heterocycles. The zero-order chi connectivity index (χ0) is 24.2. The lowest BCUT2D eigenvalue weighted by Crippen LogP contribution is -2.19. The molecule has 11 heteroatoms. The van der Waals surface area contributed by atoms with E-state index in [9.17, 15) is 9.59 Å². The molecule has 1 aliphatic carbocycles. The molecular formula is C24H28N4O4S3. The number of fused-ring (bicyclic) bond motifs is 1. The molecule has 5 rings (SSSR count). The summed E-state index contributed by atoms with van der Waals surface area (Å²) in [6, 6.07) is 4.02. The highest BCUT2D eigenvalue weighted by atomic mass is 32.2. The Bertz CT molecular complexity index is 1180. The van der Waals surface area contributed by atoms with Gasteiger partial charge in [0.25, 0.3) is 0 Å². The van der Waals surface area contributed by atoms with Gasteiger partial charge in [0.1, 0.15) is 5.00 Å². The van der Waals surface area contributed by atoms with Gasteiger partial charge in [0, 0.05) is 11.5 Å². The number of thioether (sulfide) groups is 1. The molecule has 2 aliphatic rings. The van der Waals surface area contributed by atoms with E-state index in [-0.39, 0.29) is 23.7 Å². The van der Waals surface area contributed by atoms with Crippen molar-refractivity contribution in [3.8, 4) is 10.7 Å². The lowest BCUT2D eigenvalue weighted by Gasteiger charge is -2.14. The Morgan fingerprint density at radius 2 is 2.17 bits per heavy atom. The summed E-state index contributed by atoms with van der Waals surface area (Å²) in [6.07, 6.45) is 6.13. The van der Waals surface area contributed by atoms with Crippen molar-refractivity contribution in [1.29, 1.82) is 0 Å². The molecule has 1 amide bonds. The van der Waals surface area contributed by atoms with Crippen LogP contribution >= 0.6 is 34.4 Å². The summed E-state index contributed by atoms with van der Waals surface area (Å²) in [7, 11) is 0. The number of hydrogen-bond donors (Lipinski definition) is 1. The van der Waals surface area contributed by atoms with Crippen molar-refractivity contribution in [3.63, 3.8) is 0 Å². The van der Waals surface area contributed by atoms with Gasteiger partial charge in [0.2, 0.25) is 5.91 Å². The van der Waals surface area contributed by atoms with Gasteiger partial charge in [0.05, 0.1) is 35.4 Å². The number of anilines is 1. The summed E-state index contributed by atoms with van der Waals surface area (Å²) >= 11 is 4.47. The molecule has 0 saturated carbocycles. The normalized spacial score (nSPS) is 17.3. The van der Waals surface area contributed by atoms with Crippen molar-refractivity contribution < 1.29 is 19.1 Å². The van der Waals surface area contributed by atoms with Crippen LogP contribution in [0.1, 0.15) is 53.4 Å². The van der Waals surface area contributed by atoms with Gasteiger partial charge in [-0.05, 0) is 62.5 Å². The average Bonchev–Trinajstić information content (AvgIpc) is 3.65. The summed E-state index contributed by atoms with van der Waals surface area (Å²) in [4.78, 5) is 27.9. The zero-order valence-corrected chi connectivity index (χ0v) is 22.0. The van der Waals surface area contributed by atoms with E-state index >= 15 is 0 Å². The molecule has 35 heavy (non-hydrogen) atoms. The van der Waals surface area contributed by atoms with Crippen LogP contribution in [-0.2, 0) is 33.7 Å². The lowest BCUT2D eigenvalue weighted by molar-refractivity contribution is -0.113. The molecule has 1 fully saturated rings. The van der Waals surface area contributed by atoms with E-state index in [2.05, 4.69) is 20.1 Å².